The molecule has 1 amide bonds. The summed E-state index contributed by atoms with van der Waals surface area (Å²) in [6.45, 7) is 4.65. The monoisotopic (exact) mass is 383 g/mol. The molecule has 1 saturated carbocycles. The Balaban J connectivity index is 1.58. The second-order valence-corrected chi connectivity index (χ2v) is 8.26. The van der Waals surface area contributed by atoms with Gasteiger partial charge in [0, 0.05) is 18.7 Å². The fourth-order valence-corrected chi connectivity index (χ4v) is 4.69. The first kappa shape index (κ1) is 18.6. The highest BCUT2D eigenvalue weighted by Crippen LogP contribution is 2.49. The molecule has 1 aromatic carbocycles. The van der Waals surface area contributed by atoms with Crippen LogP contribution in [-0.4, -0.2) is 55.2 Å². The van der Waals surface area contributed by atoms with Crippen LogP contribution in [-0.2, 0) is 9.59 Å². The van der Waals surface area contributed by atoms with Gasteiger partial charge in [0.2, 0.25) is 11.7 Å². The Labute approximate surface area is 163 Å². The van der Waals surface area contributed by atoms with Crippen LogP contribution in [0.3, 0.4) is 0 Å². The Morgan fingerprint density at radius 1 is 1.25 bits per heavy atom. The summed E-state index contributed by atoms with van der Waals surface area (Å²) in [5.41, 5.74) is 0.0478. The van der Waals surface area contributed by atoms with Gasteiger partial charge in [0.15, 0.2) is 6.04 Å². The fourth-order valence-electron chi connectivity index (χ4n) is 4.69. The Morgan fingerprint density at radius 2 is 2.00 bits per heavy atom. The largest absolute Gasteiger partial charge is 0.481 e. The minimum absolute atomic E-state index is 0.0327. The molecule has 1 aliphatic carbocycles. The highest BCUT2D eigenvalue weighted by atomic mass is 16.4. The highest BCUT2D eigenvalue weighted by Gasteiger charge is 2.56. The lowest BCUT2D eigenvalue weighted by molar-refractivity contribution is -0.149. The third-order valence-electron chi connectivity index (χ3n) is 6.20. The van der Waals surface area contributed by atoms with E-state index in [0.29, 0.717) is 18.8 Å². The third-order valence-corrected chi connectivity index (χ3v) is 6.20. The number of aliphatic carboxylic acids is 1. The van der Waals surface area contributed by atoms with Crippen LogP contribution in [0.5, 0.6) is 0 Å². The summed E-state index contributed by atoms with van der Waals surface area (Å²) in [6, 6.07) is 8.90. The number of tetrazole rings is 1. The quantitative estimate of drug-likeness (QED) is 0.850. The number of likely N-dealkylation sites (tertiary alicyclic amines) is 1. The SMILES string of the molecule is CC(C)C(C(=O)N1C[C@@H]2CCC[C@@]2(C(=O)O)C1)n1nnc(-c2ccccc2)n1. The Kier molecular flexibility index (Phi) is 4.64. The molecule has 8 heteroatoms. The van der Waals surface area contributed by atoms with E-state index in [9.17, 15) is 14.7 Å². The number of nitrogens with zero attached hydrogens (tertiary/aromatic N) is 5. The second-order valence-electron chi connectivity index (χ2n) is 8.26. The first-order valence-electron chi connectivity index (χ1n) is 9.79. The van der Waals surface area contributed by atoms with Crippen molar-refractivity contribution in [2.75, 3.05) is 13.1 Å². The van der Waals surface area contributed by atoms with Crippen LogP contribution in [0.2, 0.25) is 0 Å². The summed E-state index contributed by atoms with van der Waals surface area (Å²) in [7, 11) is 0. The first-order chi connectivity index (χ1) is 13.4. The molecule has 2 aliphatic rings. The van der Waals surface area contributed by atoms with Gasteiger partial charge in [0.05, 0.1) is 5.41 Å². The fraction of sp³-hybridized carbons (Fsp3) is 0.550. The normalized spacial score (nSPS) is 25.1. The van der Waals surface area contributed by atoms with E-state index in [-0.39, 0.29) is 24.3 Å². The van der Waals surface area contributed by atoms with Crippen molar-refractivity contribution in [3.63, 3.8) is 0 Å². The molecule has 148 valence electrons. The molecule has 3 atom stereocenters. The summed E-state index contributed by atoms with van der Waals surface area (Å²) in [5, 5.41) is 22.5. The van der Waals surface area contributed by atoms with Crippen molar-refractivity contribution in [2.24, 2.45) is 17.3 Å². The van der Waals surface area contributed by atoms with Gasteiger partial charge in [-0.3, -0.25) is 9.59 Å². The van der Waals surface area contributed by atoms with Gasteiger partial charge in [0.25, 0.3) is 0 Å². The number of carbonyl (C=O) groups excluding carboxylic acids is 1. The number of carbonyl (C=O) groups is 2. The topological polar surface area (TPSA) is 101 Å². The maximum atomic E-state index is 13.3. The first-order valence-corrected chi connectivity index (χ1v) is 9.79. The van der Waals surface area contributed by atoms with Crippen LogP contribution in [0.4, 0.5) is 0 Å². The molecular weight excluding hydrogens is 358 g/mol. The lowest BCUT2D eigenvalue weighted by atomic mass is 9.81. The van der Waals surface area contributed by atoms with E-state index in [1.807, 2.05) is 44.2 Å². The summed E-state index contributed by atoms with van der Waals surface area (Å²) in [4.78, 5) is 28.4. The van der Waals surface area contributed by atoms with Crippen molar-refractivity contribution in [1.29, 1.82) is 0 Å². The number of benzene rings is 1. The smallest absolute Gasteiger partial charge is 0.311 e. The maximum Gasteiger partial charge on any atom is 0.311 e. The van der Waals surface area contributed by atoms with Crippen molar-refractivity contribution in [2.45, 2.75) is 39.2 Å². The molecule has 1 aromatic heterocycles. The summed E-state index contributed by atoms with van der Waals surface area (Å²) in [6.07, 6.45) is 2.42. The third kappa shape index (κ3) is 2.96. The van der Waals surface area contributed by atoms with E-state index >= 15 is 0 Å². The number of amides is 1. The maximum absolute atomic E-state index is 13.3. The number of carboxylic acid groups (broad SMARTS) is 1. The molecule has 1 aliphatic heterocycles. The minimum Gasteiger partial charge on any atom is -0.481 e. The van der Waals surface area contributed by atoms with E-state index in [1.165, 1.54) is 4.80 Å². The predicted octanol–water partition coefficient (Wildman–Crippen LogP) is 2.25. The van der Waals surface area contributed by atoms with Gasteiger partial charge in [-0.25, -0.2) is 0 Å². The highest BCUT2D eigenvalue weighted by molar-refractivity contribution is 5.84. The Bertz CT molecular complexity index is 881. The van der Waals surface area contributed by atoms with Crippen LogP contribution < -0.4 is 0 Å². The van der Waals surface area contributed by atoms with Crippen molar-refractivity contribution in [1.82, 2.24) is 25.1 Å². The van der Waals surface area contributed by atoms with E-state index in [0.717, 1.165) is 18.4 Å². The molecular formula is C20H25N5O3. The van der Waals surface area contributed by atoms with Gasteiger partial charge in [-0.1, -0.05) is 50.6 Å². The molecule has 28 heavy (non-hydrogen) atoms. The Hall–Kier alpha value is -2.77. The standard InChI is InChI=1S/C20H25N5O3/c1-13(2)16(25-22-17(21-23-25)14-7-4-3-5-8-14)18(26)24-11-15-9-6-10-20(15,12-24)19(27)28/h3-5,7-8,13,15-16H,6,9-12H2,1-2H3,(H,27,28)/t15-,16?,20+/m0/s1. The lowest BCUT2D eigenvalue weighted by Gasteiger charge is -2.27. The average molecular weight is 383 g/mol. The Morgan fingerprint density at radius 3 is 2.64 bits per heavy atom. The summed E-state index contributed by atoms with van der Waals surface area (Å²) < 4.78 is 0. The number of fused-ring (bicyclic) bond motifs is 1. The van der Waals surface area contributed by atoms with Gasteiger partial charge >= 0.3 is 5.97 Å². The van der Waals surface area contributed by atoms with Crippen LogP contribution in [0, 0.1) is 17.3 Å². The molecule has 1 unspecified atom stereocenters. The lowest BCUT2D eigenvalue weighted by Crippen LogP contribution is -2.41. The molecule has 2 aromatic rings. The molecule has 0 spiro atoms. The number of hydrogen-bond donors (Lipinski definition) is 1. The number of rotatable bonds is 5. The van der Waals surface area contributed by atoms with Crippen molar-refractivity contribution in [3.05, 3.63) is 30.3 Å². The van der Waals surface area contributed by atoms with Crippen LogP contribution in [0.1, 0.15) is 39.2 Å². The number of aromatic nitrogens is 4. The molecule has 0 bridgehead atoms. The molecule has 2 heterocycles. The van der Waals surface area contributed by atoms with Gasteiger partial charge in [-0.05, 0) is 29.9 Å². The van der Waals surface area contributed by atoms with Gasteiger partial charge in [-0.2, -0.15) is 4.80 Å². The van der Waals surface area contributed by atoms with Crippen LogP contribution in [0.25, 0.3) is 11.4 Å². The zero-order chi connectivity index (χ0) is 19.9. The van der Waals surface area contributed by atoms with E-state index in [1.54, 1.807) is 4.90 Å². The zero-order valence-electron chi connectivity index (χ0n) is 16.2. The van der Waals surface area contributed by atoms with Crippen LogP contribution in [0.15, 0.2) is 30.3 Å². The van der Waals surface area contributed by atoms with Crippen molar-refractivity contribution < 1.29 is 14.7 Å². The summed E-state index contributed by atoms with van der Waals surface area (Å²) >= 11 is 0. The van der Waals surface area contributed by atoms with Gasteiger partial charge in [0.1, 0.15) is 0 Å². The molecule has 0 radical (unpaired) electrons. The minimum atomic E-state index is -0.790. The van der Waals surface area contributed by atoms with E-state index in [2.05, 4.69) is 15.4 Å². The van der Waals surface area contributed by atoms with Crippen molar-refractivity contribution in [3.8, 4) is 11.4 Å². The summed E-state index contributed by atoms with van der Waals surface area (Å²) in [5.74, 6) is -0.449. The van der Waals surface area contributed by atoms with E-state index in [4.69, 9.17) is 0 Å². The molecule has 1 saturated heterocycles. The van der Waals surface area contributed by atoms with Crippen LogP contribution >= 0.6 is 0 Å². The molecule has 8 nitrogen and oxygen atoms in total. The molecule has 4 rings (SSSR count). The number of carboxylic acids is 1. The van der Waals surface area contributed by atoms with Gasteiger partial charge in [-0.15, -0.1) is 10.2 Å². The predicted molar refractivity (Wildman–Crippen MR) is 101 cm³/mol. The van der Waals surface area contributed by atoms with E-state index < -0.39 is 17.4 Å². The molecule has 2 fully saturated rings. The van der Waals surface area contributed by atoms with Gasteiger partial charge < -0.3 is 10.0 Å². The average Bonchev–Trinajstić information content (AvgIpc) is 3.36. The number of hydrogen-bond acceptors (Lipinski definition) is 5. The second kappa shape index (κ2) is 7.00. The zero-order valence-corrected chi connectivity index (χ0v) is 16.2. The van der Waals surface area contributed by atoms with Crippen molar-refractivity contribution >= 4 is 11.9 Å². The molecule has 1 N–H and O–H groups in total.